The van der Waals surface area contributed by atoms with Gasteiger partial charge in [-0.1, -0.05) is 30.5 Å². The van der Waals surface area contributed by atoms with Gasteiger partial charge in [0.2, 0.25) is 0 Å². The third-order valence-corrected chi connectivity index (χ3v) is 3.31. The second-order valence-corrected chi connectivity index (χ2v) is 4.57. The lowest BCUT2D eigenvalue weighted by Gasteiger charge is -2.18. The Morgan fingerprint density at radius 1 is 1.12 bits per heavy atom. The van der Waals surface area contributed by atoms with Gasteiger partial charge in [-0.05, 0) is 37.3 Å². The summed E-state index contributed by atoms with van der Waals surface area (Å²) in [6.07, 6.45) is -0.323. The molecule has 1 fully saturated rings. The minimum atomic E-state index is -4.22. The molecule has 0 saturated heterocycles. The predicted molar refractivity (Wildman–Crippen MR) is 57.4 cm³/mol. The third kappa shape index (κ3) is 2.23. The van der Waals surface area contributed by atoms with E-state index in [2.05, 4.69) is 0 Å². The molecule has 1 aromatic rings. The molecule has 0 heterocycles. The summed E-state index contributed by atoms with van der Waals surface area (Å²) in [7, 11) is 0. The standard InChI is InChI=1S/C13H15F3/c1-9-6-7-12(13(14,15)16)11(8-9)10-4-2-3-5-10/h6-8,10H,2-5H2,1H3. The number of alkyl halides is 3. The van der Waals surface area contributed by atoms with Crippen molar-refractivity contribution < 1.29 is 13.2 Å². The van der Waals surface area contributed by atoms with Crippen LogP contribution in [0.3, 0.4) is 0 Å². The van der Waals surface area contributed by atoms with Crippen LogP contribution >= 0.6 is 0 Å². The van der Waals surface area contributed by atoms with E-state index in [0.717, 1.165) is 31.2 Å². The fraction of sp³-hybridized carbons (Fsp3) is 0.538. The summed E-state index contributed by atoms with van der Waals surface area (Å²) < 4.78 is 38.5. The fourth-order valence-electron chi connectivity index (χ4n) is 2.51. The number of hydrogen-bond donors (Lipinski definition) is 0. The molecule has 0 nitrogen and oxygen atoms in total. The molecule has 16 heavy (non-hydrogen) atoms. The van der Waals surface area contributed by atoms with Crippen LogP contribution in [-0.4, -0.2) is 0 Å². The van der Waals surface area contributed by atoms with Gasteiger partial charge in [0.15, 0.2) is 0 Å². The van der Waals surface area contributed by atoms with E-state index in [-0.39, 0.29) is 5.92 Å². The Morgan fingerprint density at radius 3 is 2.31 bits per heavy atom. The van der Waals surface area contributed by atoms with Crippen LogP contribution < -0.4 is 0 Å². The summed E-state index contributed by atoms with van der Waals surface area (Å²) >= 11 is 0. The minimum absolute atomic E-state index is 0.108. The Hall–Kier alpha value is -0.990. The van der Waals surface area contributed by atoms with Gasteiger partial charge in [0.1, 0.15) is 0 Å². The first kappa shape index (κ1) is 11.5. The summed E-state index contributed by atoms with van der Waals surface area (Å²) in [5, 5.41) is 0. The molecule has 1 aliphatic rings. The van der Waals surface area contributed by atoms with Crippen molar-refractivity contribution in [2.24, 2.45) is 0 Å². The zero-order chi connectivity index (χ0) is 11.8. The summed E-state index contributed by atoms with van der Waals surface area (Å²) in [6.45, 7) is 1.85. The quantitative estimate of drug-likeness (QED) is 0.655. The van der Waals surface area contributed by atoms with Crippen molar-refractivity contribution in [3.63, 3.8) is 0 Å². The SMILES string of the molecule is Cc1ccc(C(F)(F)F)c(C2CCCC2)c1. The molecule has 0 amide bonds. The highest BCUT2D eigenvalue weighted by Crippen LogP contribution is 2.41. The summed E-state index contributed by atoms with van der Waals surface area (Å²) in [5.41, 5.74) is 0.977. The molecule has 2 rings (SSSR count). The number of hydrogen-bond acceptors (Lipinski definition) is 0. The van der Waals surface area contributed by atoms with Crippen LogP contribution in [0, 0.1) is 6.92 Å². The molecular weight excluding hydrogens is 213 g/mol. The van der Waals surface area contributed by atoms with Crippen LogP contribution in [-0.2, 0) is 6.18 Å². The van der Waals surface area contributed by atoms with Crippen LogP contribution in [0.4, 0.5) is 13.2 Å². The van der Waals surface area contributed by atoms with E-state index in [0.29, 0.717) is 5.56 Å². The van der Waals surface area contributed by atoms with Crippen molar-refractivity contribution in [1.82, 2.24) is 0 Å². The van der Waals surface area contributed by atoms with Crippen molar-refractivity contribution in [3.8, 4) is 0 Å². The van der Waals surface area contributed by atoms with Crippen LogP contribution in [0.25, 0.3) is 0 Å². The van der Waals surface area contributed by atoms with Crippen molar-refractivity contribution in [2.45, 2.75) is 44.7 Å². The number of rotatable bonds is 1. The van der Waals surface area contributed by atoms with Gasteiger partial charge in [0.05, 0.1) is 5.56 Å². The van der Waals surface area contributed by atoms with Gasteiger partial charge in [-0.15, -0.1) is 0 Å². The van der Waals surface area contributed by atoms with E-state index >= 15 is 0 Å². The molecular formula is C13H15F3. The Morgan fingerprint density at radius 2 is 1.75 bits per heavy atom. The van der Waals surface area contributed by atoms with Crippen LogP contribution in [0.15, 0.2) is 18.2 Å². The first-order valence-corrected chi connectivity index (χ1v) is 5.66. The average Bonchev–Trinajstić information content (AvgIpc) is 2.68. The van der Waals surface area contributed by atoms with Gasteiger partial charge in [-0.2, -0.15) is 13.2 Å². The van der Waals surface area contributed by atoms with E-state index in [9.17, 15) is 13.2 Å². The molecule has 0 atom stereocenters. The summed E-state index contributed by atoms with van der Waals surface area (Å²) in [6, 6.07) is 4.48. The lowest BCUT2D eigenvalue weighted by atomic mass is 9.91. The maximum absolute atomic E-state index is 12.8. The molecule has 1 saturated carbocycles. The van der Waals surface area contributed by atoms with Gasteiger partial charge in [-0.25, -0.2) is 0 Å². The number of benzene rings is 1. The molecule has 1 aliphatic carbocycles. The monoisotopic (exact) mass is 228 g/mol. The predicted octanol–water partition coefficient (Wildman–Crippen LogP) is 4.67. The molecule has 1 aromatic carbocycles. The second-order valence-electron chi connectivity index (χ2n) is 4.57. The molecule has 0 aromatic heterocycles. The zero-order valence-electron chi connectivity index (χ0n) is 9.27. The largest absolute Gasteiger partial charge is 0.416 e. The van der Waals surface area contributed by atoms with Gasteiger partial charge >= 0.3 is 6.18 Å². The molecule has 0 bridgehead atoms. The van der Waals surface area contributed by atoms with Crippen LogP contribution in [0.2, 0.25) is 0 Å². The average molecular weight is 228 g/mol. The molecule has 0 unspecified atom stereocenters. The Labute approximate surface area is 93.5 Å². The van der Waals surface area contributed by atoms with E-state index in [4.69, 9.17) is 0 Å². The topological polar surface area (TPSA) is 0 Å². The first-order chi connectivity index (χ1) is 7.48. The highest BCUT2D eigenvalue weighted by molar-refractivity contribution is 5.36. The second kappa shape index (κ2) is 4.11. The van der Waals surface area contributed by atoms with Crippen molar-refractivity contribution >= 4 is 0 Å². The Kier molecular flexibility index (Phi) is 2.96. The molecule has 0 N–H and O–H groups in total. The zero-order valence-corrected chi connectivity index (χ0v) is 9.27. The van der Waals surface area contributed by atoms with Gasteiger partial charge in [-0.3, -0.25) is 0 Å². The normalized spacial score (nSPS) is 18.0. The minimum Gasteiger partial charge on any atom is -0.166 e. The van der Waals surface area contributed by atoms with Gasteiger partial charge in [0, 0.05) is 0 Å². The van der Waals surface area contributed by atoms with Crippen molar-refractivity contribution in [2.75, 3.05) is 0 Å². The summed E-state index contributed by atoms with van der Waals surface area (Å²) in [4.78, 5) is 0. The smallest absolute Gasteiger partial charge is 0.166 e. The van der Waals surface area contributed by atoms with E-state index < -0.39 is 11.7 Å². The number of aryl methyl sites for hydroxylation is 1. The highest BCUT2D eigenvalue weighted by Gasteiger charge is 2.35. The molecule has 0 radical (unpaired) electrons. The summed E-state index contributed by atoms with van der Waals surface area (Å²) in [5.74, 6) is 0.108. The lowest BCUT2D eigenvalue weighted by molar-refractivity contribution is -0.138. The van der Waals surface area contributed by atoms with E-state index in [1.807, 2.05) is 6.92 Å². The highest BCUT2D eigenvalue weighted by atomic mass is 19.4. The van der Waals surface area contributed by atoms with E-state index in [1.165, 1.54) is 6.07 Å². The van der Waals surface area contributed by atoms with Crippen LogP contribution in [0.1, 0.15) is 48.3 Å². The fourth-order valence-corrected chi connectivity index (χ4v) is 2.51. The third-order valence-electron chi connectivity index (χ3n) is 3.31. The number of halogens is 3. The van der Waals surface area contributed by atoms with E-state index in [1.54, 1.807) is 12.1 Å². The molecule has 0 spiro atoms. The lowest BCUT2D eigenvalue weighted by Crippen LogP contribution is -2.11. The maximum atomic E-state index is 12.8. The van der Waals surface area contributed by atoms with Crippen LogP contribution in [0.5, 0.6) is 0 Å². The Balaban J connectivity index is 2.43. The maximum Gasteiger partial charge on any atom is 0.416 e. The Bertz CT molecular complexity index is 373. The van der Waals surface area contributed by atoms with Gasteiger partial charge in [0.25, 0.3) is 0 Å². The first-order valence-electron chi connectivity index (χ1n) is 5.66. The van der Waals surface area contributed by atoms with Gasteiger partial charge < -0.3 is 0 Å². The molecule has 3 heteroatoms. The molecule has 88 valence electrons. The van der Waals surface area contributed by atoms with Crippen molar-refractivity contribution in [1.29, 1.82) is 0 Å². The van der Waals surface area contributed by atoms with Crippen molar-refractivity contribution in [3.05, 3.63) is 34.9 Å². The molecule has 0 aliphatic heterocycles.